The summed E-state index contributed by atoms with van der Waals surface area (Å²) >= 11 is 0. The predicted molar refractivity (Wildman–Crippen MR) is 119 cm³/mol. The third-order valence-electron chi connectivity index (χ3n) is 5.61. The van der Waals surface area contributed by atoms with E-state index in [0.29, 0.717) is 32.0 Å². The summed E-state index contributed by atoms with van der Waals surface area (Å²) in [7, 11) is 1.62. The molecule has 0 unspecified atom stereocenters. The lowest BCUT2D eigenvalue weighted by atomic mass is 9.94. The molecule has 1 aromatic heterocycles. The normalized spacial score (nSPS) is 17.4. The summed E-state index contributed by atoms with van der Waals surface area (Å²) in [5.41, 5.74) is 2.04. The van der Waals surface area contributed by atoms with Crippen LogP contribution in [0, 0.1) is 19.3 Å². The van der Waals surface area contributed by atoms with Crippen molar-refractivity contribution in [1.29, 1.82) is 0 Å². The zero-order valence-electron chi connectivity index (χ0n) is 19.8. The first-order chi connectivity index (χ1) is 15.1. The maximum atomic E-state index is 13.1. The zero-order valence-corrected chi connectivity index (χ0v) is 19.8. The van der Waals surface area contributed by atoms with Crippen LogP contribution < -0.4 is 4.74 Å². The molecular formula is C24H33N3O5. The minimum absolute atomic E-state index is 0.0330. The monoisotopic (exact) mass is 443 g/mol. The average molecular weight is 444 g/mol. The summed E-state index contributed by atoms with van der Waals surface area (Å²) in [5, 5.41) is 3.98. The van der Waals surface area contributed by atoms with Crippen molar-refractivity contribution in [2.24, 2.45) is 5.41 Å². The minimum atomic E-state index is -0.589. The number of aryl methyl sites for hydroxylation is 2. The van der Waals surface area contributed by atoms with Crippen molar-refractivity contribution in [3.05, 3.63) is 46.8 Å². The predicted octanol–water partition coefficient (Wildman–Crippen LogP) is 3.10. The highest BCUT2D eigenvalue weighted by molar-refractivity contribution is 5.87. The summed E-state index contributed by atoms with van der Waals surface area (Å²) in [6.45, 7) is 10.8. The van der Waals surface area contributed by atoms with E-state index >= 15 is 0 Å². The molecule has 2 amide bonds. The molecule has 0 spiro atoms. The molecule has 2 heterocycles. The smallest absolute Gasteiger partial charge is 0.242 e. The second-order valence-corrected chi connectivity index (χ2v) is 9.30. The maximum Gasteiger partial charge on any atom is 0.242 e. The van der Waals surface area contributed by atoms with Crippen molar-refractivity contribution >= 4 is 11.8 Å². The van der Waals surface area contributed by atoms with E-state index in [2.05, 4.69) is 5.16 Å². The van der Waals surface area contributed by atoms with Crippen molar-refractivity contribution in [3.8, 4) is 5.75 Å². The highest BCUT2D eigenvalue weighted by Crippen LogP contribution is 2.23. The molecular weight excluding hydrogens is 410 g/mol. The molecule has 3 rings (SSSR count). The second kappa shape index (κ2) is 9.73. The lowest BCUT2D eigenvalue weighted by Crippen LogP contribution is -2.45. The van der Waals surface area contributed by atoms with Crippen LogP contribution in [0.2, 0.25) is 0 Å². The molecule has 0 radical (unpaired) electrons. The Balaban J connectivity index is 1.81. The Morgan fingerprint density at radius 1 is 1.25 bits per heavy atom. The Morgan fingerprint density at radius 3 is 2.62 bits per heavy atom. The number of aromatic nitrogens is 1. The molecule has 1 aliphatic heterocycles. The molecule has 8 heteroatoms. The van der Waals surface area contributed by atoms with Gasteiger partial charge in [-0.05, 0) is 31.5 Å². The van der Waals surface area contributed by atoms with Crippen molar-refractivity contribution in [2.75, 3.05) is 26.7 Å². The summed E-state index contributed by atoms with van der Waals surface area (Å²) in [4.78, 5) is 29.5. The van der Waals surface area contributed by atoms with Gasteiger partial charge in [-0.25, -0.2) is 0 Å². The van der Waals surface area contributed by atoms with Gasteiger partial charge < -0.3 is 23.8 Å². The van der Waals surface area contributed by atoms with E-state index in [1.54, 1.807) is 16.9 Å². The summed E-state index contributed by atoms with van der Waals surface area (Å²) < 4.78 is 16.8. The molecule has 1 fully saturated rings. The molecule has 174 valence electrons. The van der Waals surface area contributed by atoms with E-state index in [-0.39, 0.29) is 24.5 Å². The molecule has 0 saturated carbocycles. The van der Waals surface area contributed by atoms with Gasteiger partial charge in [-0.1, -0.05) is 38.1 Å². The Labute approximate surface area is 189 Å². The zero-order chi connectivity index (χ0) is 23.5. The summed E-state index contributed by atoms with van der Waals surface area (Å²) in [6, 6.07) is 7.64. The average Bonchev–Trinajstić information content (AvgIpc) is 2.97. The third-order valence-corrected chi connectivity index (χ3v) is 5.61. The van der Waals surface area contributed by atoms with Gasteiger partial charge in [0.15, 0.2) is 0 Å². The van der Waals surface area contributed by atoms with Crippen LogP contribution in [0.3, 0.4) is 0 Å². The Morgan fingerprint density at radius 2 is 2.00 bits per heavy atom. The van der Waals surface area contributed by atoms with E-state index in [9.17, 15) is 9.59 Å². The first kappa shape index (κ1) is 23.8. The lowest BCUT2D eigenvalue weighted by molar-refractivity contribution is -0.144. The van der Waals surface area contributed by atoms with E-state index in [4.69, 9.17) is 14.0 Å². The first-order valence-electron chi connectivity index (χ1n) is 10.8. The lowest BCUT2D eigenvalue weighted by Gasteiger charge is -2.29. The fraction of sp³-hybridized carbons (Fsp3) is 0.542. The molecule has 1 aliphatic rings. The van der Waals surface area contributed by atoms with Crippen LogP contribution in [0.25, 0.3) is 0 Å². The molecule has 2 aromatic rings. The van der Waals surface area contributed by atoms with Gasteiger partial charge >= 0.3 is 0 Å². The molecule has 1 aromatic carbocycles. The van der Waals surface area contributed by atoms with Crippen LogP contribution in [0.1, 0.15) is 43.4 Å². The molecule has 0 aliphatic carbocycles. The van der Waals surface area contributed by atoms with Gasteiger partial charge in [-0.2, -0.15) is 0 Å². The van der Waals surface area contributed by atoms with Crippen molar-refractivity contribution in [2.45, 2.75) is 53.9 Å². The van der Waals surface area contributed by atoms with Crippen LogP contribution in [-0.2, 0) is 27.5 Å². The third kappa shape index (κ3) is 5.68. The van der Waals surface area contributed by atoms with Crippen LogP contribution in [0.5, 0.6) is 5.75 Å². The van der Waals surface area contributed by atoms with Crippen molar-refractivity contribution in [3.63, 3.8) is 0 Å². The number of amides is 2. The van der Waals surface area contributed by atoms with Gasteiger partial charge in [0, 0.05) is 30.6 Å². The second-order valence-electron chi connectivity index (χ2n) is 9.30. The van der Waals surface area contributed by atoms with E-state index in [0.717, 1.165) is 22.6 Å². The highest BCUT2D eigenvalue weighted by atomic mass is 16.5. The number of methoxy groups -OCH3 is 1. The minimum Gasteiger partial charge on any atom is -0.497 e. The van der Waals surface area contributed by atoms with Crippen LogP contribution in [0.4, 0.5) is 0 Å². The number of carbonyl (C=O) groups excluding carboxylic acids is 2. The van der Waals surface area contributed by atoms with Crippen LogP contribution in [-0.4, -0.2) is 59.6 Å². The van der Waals surface area contributed by atoms with Gasteiger partial charge in [-0.15, -0.1) is 0 Å². The largest absolute Gasteiger partial charge is 0.497 e. The highest BCUT2D eigenvalue weighted by Gasteiger charge is 2.35. The number of ether oxygens (including phenoxy) is 2. The van der Waals surface area contributed by atoms with E-state index < -0.39 is 5.41 Å². The SMILES string of the molecule is COc1cccc(CN2C[C@H](OCc3c(C)noc3C)CN(C(=O)C(C)(C)C)CC2=O)c1. The van der Waals surface area contributed by atoms with E-state index in [1.165, 1.54) is 0 Å². The molecule has 1 saturated heterocycles. The Kier molecular flexibility index (Phi) is 7.23. The van der Waals surface area contributed by atoms with Gasteiger partial charge in [0.25, 0.3) is 0 Å². The molecule has 8 nitrogen and oxygen atoms in total. The Hall–Kier alpha value is -2.87. The topological polar surface area (TPSA) is 85.1 Å². The number of carbonyl (C=O) groups is 2. The van der Waals surface area contributed by atoms with Gasteiger partial charge in [-0.3, -0.25) is 9.59 Å². The summed E-state index contributed by atoms with van der Waals surface area (Å²) in [6.07, 6.45) is -0.341. The summed E-state index contributed by atoms with van der Waals surface area (Å²) in [5.74, 6) is 1.28. The quantitative estimate of drug-likeness (QED) is 0.682. The van der Waals surface area contributed by atoms with Gasteiger partial charge in [0.1, 0.15) is 11.5 Å². The molecule has 32 heavy (non-hydrogen) atoms. The Bertz CT molecular complexity index is 943. The number of hydrogen-bond donors (Lipinski definition) is 0. The van der Waals surface area contributed by atoms with Crippen molar-refractivity contribution in [1.82, 2.24) is 15.0 Å². The fourth-order valence-electron chi connectivity index (χ4n) is 3.77. The number of benzene rings is 1. The first-order valence-corrected chi connectivity index (χ1v) is 10.8. The maximum absolute atomic E-state index is 13.1. The van der Waals surface area contributed by atoms with Crippen LogP contribution >= 0.6 is 0 Å². The van der Waals surface area contributed by atoms with Gasteiger partial charge in [0.2, 0.25) is 11.8 Å². The van der Waals surface area contributed by atoms with E-state index in [1.807, 2.05) is 58.9 Å². The number of hydrogen-bond acceptors (Lipinski definition) is 6. The fourth-order valence-corrected chi connectivity index (χ4v) is 3.77. The van der Waals surface area contributed by atoms with Gasteiger partial charge in [0.05, 0.1) is 32.1 Å². The number of rotatable bonds is 6. The molecule has 0 N–H and O–H groups in total. The standard InChI is InChI=1S/C24H33N3O5/c1-16-21(17(2)32-25-16)15-31-20-12-26(11-18-8-7-9-19(10-18)30-6)22(28)14-27(13-20)23(29)24(3,4)5/h7-10,20H,11-15H2,1-6H3/t20-/m0/s1. The van der Waals surface area contributed by atoms with Crippen molar-refractivity contribution < 1.29 is 23.6 Å². The molecule has 1 atom stereocenters. The van der Waals surface area contributed by atoms with Crippen LogP contribution in [0.15, 0.2) is 28.8 Å². The molecule has 0 bridgehead atoms. The number of nitrogens with zero attached hydrogens (tertiary/aromatic N) is 3.